The zero-order valence-corrected chi connectivity index (χ0v) is 19.8. The summed E-state index contributed by atoms with van der Waals surface area (Å²) in [5, 5.41) is 10.6. The van der Waals surface area contributed by atoms with Gasteiger partial charge in [0.05, 0.1) is 44.8 Å². The Hall–Kier alpha value is -2.26. The Morgan fingerprint density at radius 1 is 1.19 bits per heavy atom. The van der Waals surface area contributed by atoms with Crippen LogP contribution in [0.25, 0.3) is 21.6 Å². The average molecular weight is 473 g/mol. The largest absolute Gasteiger partial charge is 0.349 e. The molecule has 3 aromatic rings. The third-order valence-corrected chi connectivity index (χ3v) is 9.24. The number of hydrogen-bond donors (Lipinski definition) is 1. The van der Waals surface area contributed by atoms with Crippen molar-refractivity contribution in [1.82, 2.24) is 20.1 Å². The van der Waals surface area contributed by atoms with E-state index >= 15 is 0 Å². The summed E-state index contributed by atoms with van der Waals surface area (Å²) in [7, 11) is -3.07. The number of hydrogen-bond acceptors (Lipinski definition) is 6. The quantitative estimate of drug-likeness (QED) is 0.572. The first-order valence-corrected chi connectivity index (χ1v) is 14.1. The number of thiophene rings is 1. The lowest BCUT2D eigenvalue weighted by atomic mass is 10.1. The maximum absolute atomic E-state index is 13.5. The Morgan fingerprint density at radius 2 is 1.97 bits per heavy atom. The fourth-order valence-corrected chi connectivity index (χ4v) is 7.33. The van der Waals surface area contributed by atoms with Crippen LogP contribution in [0.4, 0.5) is 0 Å². The van der Waals surface area contributed by atoms with Gasteiger partial charge in [0.25, 0.3) is 5.91 Å². The first kappa shape index (κ1) is 21.6. The second-order valence-corrected chi connectivity index (χ2v) is 12.2. The van der Waals surface area contributed by atoms with E-state index in [0.29, 0.717) is 23.3 Å². The summed E-state index contributed by atoms with van der Waals surface area (Å²) in [6, 6.07) is 5.75. The molecule has 7 nitrogen and oxygen atoms in total. The highest BCUT2D eigenvalue weighted by Crippen LogP contribution is 2.33. The number of fused-ring (bicyclic) bond motifs is 1. The molecule has 5 rings (SSSR count). The molecule has 1 atom stereocenters. The van der Waals surface area contributed by atoms with Gasteiger partial charge >= 0.3 is 0 Å². The highest BCUT2D eigenvalue weighted by molar-refractivity contribution is 7.91. The van der Waals surface area contributed by atoms with Crippen LogP contribution >= 0.6 is 11.3 Å². The van der Waals surface area contributed by atoms with Gasteiger partial charge in [-0.2, -0.15) is 5.10 Å². The standard InChI is InChI=1S/C23H28N4O3S2/c1-15-21-18(23(28)24-16-7-4-2-3-5-8-16)13-19(20-9-6-11-31-20)25-22(21)27(26-15)17-10-12-32(29,30)14-17/h6,9,11,13,16-17H,2-5,7-8,10,12,14H2,1H3,(H,24,28)/t17-/m1/s1. The summed E-state index contributed by atoms with van der Waals surface area (Å²) in [5.41, 5.74) is 2.61. The molecule has 9 heteroatoms. The molecule has 3 aromatic heterocycles. The third-order valence-electron chi connectivity index (χ3n) is 6.60. The minimum Gasteiger partial charge on any atom is -0.349 e. The molecule has 0 aromatic carbocycles. The van der Waals surface area contributed by atoms with Crippen molar-refractivity contribution in [3.63, 3.8) is 0 Å². The van der Waals surface area contributed by atoms with Crippen LogP contribution in [-0.2, 0) is 9.84 Å². The van der Waals surface area contributed by atoms with E-state index in [-0.39, 0.29) is 29.5 Å². The van der Waals surface area contributed by atoms with Crippen molar-refractivity contribution in [2.75, 3.05) is 11.5 Å². The molecule has 1 amide bonds. The number of carbonyl (C=O) groups is 1. The summed E-state index contributed by atoms with van der Waals surface area (Å²) in [6.45, 7) is 1.87. The Morgan fingerprint density at radius 3 is 2.62 bits per heavy atom. The van der Waals surface area contributed by atoms with E-state index in [4.69, 9.17) is 4.98 Å². The molecule has 0 bridgehead atoms. The minimum absolute atomic E-state index is 0.0672. The number of rotatable bonds is 4. The maximum Gasteiger partial charge on any atom is 0.252 e. The van der Waals surface area contributed by atoms with E-state index in [1.165, 1.54) is 12.8 Å². The molecule has 0 spiro atoms. The third kappa shape index (κ3) is 4.20. The fourth-order valence-electron chi connectivity index (χ4n) is 4.95. The predicted molar refractivity (Wildman–Crippen MR) is 127 cm³/mol. The molecule has 4 heterocycles. The SMILES string of the molecule is Cc1nn([C@@H]2CCS(=O)(=O)C2)c2nc(-c3cccs3)cc(C(=O)NC3CCCCCC3)c12. The zero-order chi connectivity index (χ0) is 22.3. The minimum atomic E-state index is -3.07. The molecule has 1 saturated heterocycles. The van der Waals surface area contributed by atoms with Crippen molar-refractivity contribution in [3.8, 4) is 10.6 Å². The first-order valence-electron chi connectivity index (χ1n) is 11.4. The number of nitrogens with one attached hydrogen (secondary N) is 1. The Labute approximate surface area is 192 Å². The molecule has 2 aliphatic rings. The van der Waals surface area contributed by atoms with Crippen molar-refractivity contribution < 1.29 is 13.2 Å². The van der Waals surface area contributed by atoms with Gasteiger partial charge in [0.2, 0.25) is 0 Å². The van der Waals surface area contributed by atoms with E-state index in [1.807, 2.05) is 30.5 Å². The summed E-state index contributed by atoms with van der Waals surface area (Å²) in [4.78, 5) is 19.3. The smallest absolute Gasteiger partial charge is 0.252 e. The summed E-state index contributed by atoms with van der Waals surface area (Å²) < 4.78 is 26.0. The number of amides is 1. The van der Waals surface area contributed by atoms with Gasteiger partial charge in [0.15, 0.2) is 15.5 Å². The number of pyridine rings is 1. The average Bonchev–Trinajstić information content (AvgIpc) is 3.44. The van der Waals surface area contributed by atoms with Crippen LogP contribution in [0.2, 0.25) is 0 Å². The number of carbonyl (C=O) groups excluding carboxylic acids is 1. The molecule has 170 valence electrons. The van der Waals surface area contributed by atoms with Gasteiger partial charge in [-0.1, -0.05) is 31.7 Å². The van der Waals surface area contributed by atoms with Gasteiger partial charge in [-0.05, 0) is 43.7 Å². The molecule has 1 aliphatic heterocycles. The zero-order valence-electron chi connectivity index (χ0n) is 18.2. The van der Waals surface area contributed by atoms with Crippen molar-refractivity contribution >= 4 is 38.1 Å². The topological polar surface area (TPSA) is 93.9 Å². The molecular weight excluding hydrogens is 444 g/mol. The molecule has 2 fully saturated rings. The molecule has 0 radical (unpaired) electrons. The highest BCUT2D eigenvalue weighted by atomic mass is 32.2. The number of nitrogens with zero attached hydrogens (tertiary/aromatic N) is 3. The van der Waals surface area contributed by atoms with Crippen LogP contribution < -0.4 is 5.32 Å². The highest BCUT2D eigenvalue weighted by Gasteiger charge is 2.32. The van der Waals surface area contributed by atoms with Crippen LogP contribution in [0.15, 0.2) is 23.6 Å². The normalized spacial score (nSPS) is 21.6. The second-order valence-electron chi connectivity index (χ2n) is 8.98. The molecule has 1 N–H and O–H groups in total. The number of sulfone groups is 1. The lowest BCUT2D eigenvalue weighted by Gasteiger charge is -2.17. The van der Waals surface area contributed by atoms with Gasteiger partial charge in [-0.3, -0.25) is 4.79 Å². The molecule has 1 saturated carbocycles. The van der Waals surface area contributed by atoms with Crippen molar-refractivity contribution in [1.29, 1.82) is 0 Å². The van der Waals surface area contributed by atoms with Crippen LogP contribution in [-0.4, -0.2) is 46.6 Å². The Kier molecular flexibility index (Phi) is 5.79. The Balaban J connectivity index is 1.60. The summed E-state index contributed by atoms with van der Waals surface area (Å²) >= 11 is 1.57. The van der Waals surface area contributed by atoms with Crippen LogP contribution in [0.1, 0.15) is 67.0 Å². The molecule has 0 unspecified atom stereocenters. The number of aromatic nitrogens is 3. The van der Waals surface area contributed by atoms with E-state index in [1.54, 1.807) is 16.0 Å². The maximum atomic E-state index is 13.5. The van der Waals surface area contributed by atoms with Crippen molar-refractivity contribution in [3.05, 3.63) is 34.8 Å². The van der Waals surface area contributed by atoms with Crippen LogP contribution in [0.3, 0.4) is 0 Å². The van der Waals surface area contributed by atoms with Gasteiger partial charge in [-0.25, -0.2) is 18.1 Å². The van der Waals surface area contributed by atoms with E-state index in [0.717, 1.165) is 41.6 Å². The summed E-state index contributed by atoms with van der Waals surface area (Å²) in [6.07, 6.45) is 7.28. The van der Waals surface area contributed by atoms with Gasteiger partial charge in [0.1, 0.15) is 0 Å². The van der Waals surface area contributed by atoms with Crippen molar-refractivity contribution in [2.45, 2.75) is 64.0 Å². The number of aryl methyl sites for hydroxylation is 1. The molecular formula is C23H28N4O3S2. The first-order chi connectivity index (χ1) is 15.4. The van der Waals surface area contributed by atoms with Crippen LogP contribution in [0, 0.1) is 6.92 Å². The van der Waals surface area contributed by atoms with E-state index in [9.17, 15) is 13.2 Å². The molecule has 1 aliphatic carbocycles. The van der Waals surface area contributed by atoms with E-state index in [2.05, 4.69) is 10.4 Å². The van der Waals surface area contributed by atoms with Gasteiger partial charge in [-0.15, -0.1) is 11.3 Å². The predicted octanol–water partition coefficient (Wildman–Crippen LogP) is 4.28. The van der Waals surface area contributed by atoms with E-state index < -0.39 is 9.84 Å². The Bertz CT molecular complexity index is 1240. The van der Waals surface area contributed by atoms with Gasteiger partial charge in [0, 0.05) is 6.04 Å². The lowest BCUT2D eigenvalue weighted by Crippen LogP contribution is -2.34. The summed E-state index contributed by atoms with van der Waals surface area (Å²) in [5.74, 6) is 0.138. The molecule has 32 heavy (non-hydrogen) atoms. The monoisotopic (exact) mass is 472 g/mol. The van der Waals surface area contributed by atoms with Crippen molar-refractivity contribution in [2.24, 2.45) is 0 Å². The fraction of sp³-hybridized carbons (Fsp3) is 0.522. The second kappa shape index (κ2) is 8.59. The van der Waals surface area contributed by atoms with Crippen LogP contribution in [0.5, 0.6) is 0 Å². The van der Waals surface area contributed by atoms with Gasteiger partial charge < -0.3 is 5.32 Å². The lowest BCUT2D eigenvalue weighted by molar-refractivity contribution is 0.0935.